The Kier molecular flexibility index (Phi) is 2.38. The Bertz CT molecular complexity index is 484. The largest absolute Gasteiger partial charge is 0.496 e. The van der Waals surface area contributed by atoms with Gasteiger partial charge in [0.1, 0.15) is 11.6 Å². The summed E-state index contributed by atoms with van der Waals surface area (Å²) in [6.07, 6.45) is 1.44. The summed E-state index contributed by atoms with van der Waals surface area (Å²) in [5.74, 6) is 0.239. The summed E-state index contributed by atoms with van der Waals surface area (Å²) in [4.78, 5) is 0. The molecule has 0 bridgehead atoms. The van der Waals surface area contributed by atoms with E-state index in [2.05, 4.69) is 6.07 Å². The number of nitriles is 1. The van der Waals surface area contributed by atoms with Gasteiger partial charge in [0.05, 0.1) is 24.2 Å². The summed E-state index contributed by atoms with van der Waals surface area (Å²) in [6, 6.07) is 3.97. The maximum absolute atomic E-state index is 14.1. The van der Waals surface area contributed by atoms with Crippen molar-refractivity contribution in [2.45, 2.75) is 32.1 Å². The lowest BCUT2D eigenvalue weighted by molar-refractivity contribution is 0.397. The Balaban J connectivity index is 2.72. The Morgan fingerprint density at radius 3 is 2.44 bits per heavy atom. The second kappa shape index (κ2) is 3.48. The molecule has 0 unspecified atom stereocenters. The van der Waals surface area contributed by atoms with Gasteiger partial charge in [-0.3, -0.25) is 0 Å². The van der Waals surface area contributed by atoms with Gasteiger partial charge in [-0.1, -0.05) is 0 Å². The first-order valence-corrected chi connectivity index (χ1v) is 5.31. The molecule has 0 heterocycles. The second-order valence-electron chi connectivity index (χ2n) is 4.43. The lowest BCUT2D eigenvalue weighted by atomic mass is 9.92. The van der Waals surface area contributed by atoms with Gasteiger partial charge in [0.25, 0.3) is 0 Å². The van der Waals surface area contributed by atoms with Crippen LogP contribution in [0.15, 0.2) is 6.07 Å². The van der Waals surface area contributed by atoms with Gasteiger partial charge in [0.15, 0.2) is 0 Å². The van der Waals surface area contributed by atoms with Crippen molar-refractivity contribution in [2.75, 3.05) is 7.11 Å². The topological polar surface area (TPSA) is 33.0 Å². The van der Waals surface area contributed by atoms with E-state index in [9.17, 15) is 4.39 Å². The van der Waals surface area contributed by atoms with Crippen molar-refractivity contribution in [3.8, 4) is 11.8 Å². The highest BCUT2D eigenvalue weighted by molar-refractivity contribution is 5.54. The summed E-state index contributed by atoms with van der Waals surface area (Å²) in [5.41, 5.74) is 1.27. The average molecular weight is 219 g/mol. The number of methoxy groups -OCH3 is 1. The monoisotopic (exact) mass is 219 g/mol. The summed E-state index contributed by atoms with van der Waals surface area (Å²) < 4.78 is 19.4. The highest BCUT2D eigenvalue weighted by Crippen LogP contribution is 2.52. The van der Waals surface area contributed by atoms with Crippen molar-refractivity contribution < 1.29 is 9.13 Å². The zero-order chi connectivity index (χ0) is 11.9. The summed E-state index contributed by atoms with van der Waals surface area (Å²) in [5, 5.41) is 9.16. The zero-order valence-corrected chi connectivity index (χ0v) is 9.72. The first-order valence-electron chi connectivity index (χ1n) is 5.31. The van der Waals surface area contributed by atoms with Gasteiger partial charge in [0, 0.05) is 0 Å². The fourth-order valence-corrected chi connectivity index (χ4v) is 2.18. The van der Waals surface area contributed by atoms with Crippen molar-refractivity contribution in [3.63, 3.8) is 0 Å². The third-order valence-corrected chi connectivity index (χ3v) is 3.23. The van der Waals surface area contributed by atoms with Crippen LogP contribution in [0.25, 0.3) is 0 Å². The van der Waals surface area contributed by atoms with E-state index in [1.807, 2.05) is 6.92 Å². The molecule has 2 nitrogen and oxygen atoms in total. The van der Waals surface area contributed by atoms with Gasteiger partial charge in [-0.05, 0) is 43.9 Å². The quantitative estimate of drug-likeness (QED) is 0.766. The molecule has 0 spiro atoms. The fraction of sp³-hybridized carbons (Fsp3) is 0.462. The van der Waals surface area contributed by atoms with Gasteiger partial charge in [0.2, 0.25) is 0 Å². The van der Waals surface area contributed by atoms with Gasteiger partial charge >= 0.3 is 0 Å². The molecule has 1 saturated carbocycles. The van der Waals surface area contributed by atoms with E-state index in [0.717, 1.165) is 18.4 Å². The molecule has 0 atom stereocenters. The molecule has 1 aromatic rings. The van der Waals surface area contributed by atoms with Crippen LogP contribution >= 0.6 is 0 Å². The number of hydrogen-bond acceptors (Lipinski definition) is 2. The number of aryl methyl sites for hydroxylation is 2. The predicted octanol–water partition coefficient (Wildman–Crippen LogP) is 3.01. The molecule has 0 amide bonds. The van der Waals surface area contributed by atoms with Crippen molar-refractivity contribution in [1.29, 1.82) is 5.26 Å². The van der Waals surface area contributed by atoms with Crippen molar-refractivity contribution in [1.82, 2.24) is 0 Å². The molecule has 0 radical (unpaired) electrons. The predicted molar refractivity (Wildman–Crippen MR) is 59.0 cm³/mol. The van der Waals surface area contributed by atoms with Crippen LogP contribution in [0.4, 0.5) is 4.39 Å². The van der Waals surface area contributed by atoms with Crippen molar-refractivity contribution in [3.05, 3.63) is 28.6 Å². The number of rotatable bonds is 2. The molecule has 0 N–H and O–H groups in total. The molecule has 0 aliphatic heterocycles. The number of nitrogens with zero attached hydrogens (tertiary/aromatic N) is 1. The van der Waals surface area contributed by atoms with E-state index in [1.165, 1.54) is 7.11 Å². The van der Waals surface area contributed by atoms with Crippen LogP contribution in [-0.2, 0) is 5.41 Å². The molecule has 2 rings (SSSR count). The van der Waals surface area contributed by atoms with Gasteiger partial charge in [-0.25, -0.2) is 4.39 Å². The Hall–Kier alpha value is -1.56. The Morgan fingerprint density at radius 1 is 1.38 bits per heavy atom. The minimum atomic E-state index is -0.647. The molecule has 1 aromatic carbocycles. The third kappa shape index (κ3) is 1.37. The van der Waals surface area contributed by atoms with Gasteiger partial charge in [-0.2, -0.15) is 5.26 Å². The zero-order valence-electron chi connectivity index (χ0n) is 9.72. The Labute approximate surface area is 94.7 Å². The molecule has 0 saturated heterocycles. The molecule has 1 aliphatic carbocycles. The number of benzene rings is 1. The highest BCUT2D eigenvalue weighted by Gasteiger charge is 2.49. The minimum Gasteiger partial charge on any atom is -0.496 e. The molecule has 84 valence electrons. The van der Waals surface area contributed by atoms with Crippen LogP contribution in [0.5, 0.6) is 5.75 Å². The maximum atomic E-state index is 14.1. The van der Waals surface area contributed by atoms with E-state index in [0.29, 0.717) is 16.9 Å². The molecule has 3 heteroatoms. The number of hydrogen-bond donors (Lipinski definition) is 0. The van der Waals surface area contributed by atoms with Crippen LogP contribution in [0.2, 0.25) is 0 Å². The Morgan fingerprint density at radius 2 is 2.00 bits per heavy atom. The summed E-state index contributed by atoms with van der Waals surface area (Å²) in [6.45, 7) is 3.60. The molecule has 1 fully saturated rings. The molecule has 0 aromatic heterocycles. The number of ether oxygens (including phenoxy) is 1. The first-order chi connectivity index (χ1) is 7.55. The number of halogens is 1. The van der Waals surface area contributed by atoms with Crippen LogP contribution < -0.4 is 4.74 Å². The second-order valence-corrected chi connectivity index (χ2v) is 4.43. The first kappa shape index (κ1) is 10.9. The van der Waals surface area contributed by atoms with Gasteiger partial charge < -0.3 is 4.74 Å². The average Bonchev–Trinajstić information content (AvgIpc) is 3.03. The highest BCUT2D eigenvalue weighted by atomic mass is 19.1. The van der Waals surface area contributed by atoms with Crippen LogP contribution in [-0.4, -0.2) is 7.11 Å². The third-order valence-electron chi connectivity index (χ3n) is 3.23. The van der Waals surface area contributed by atoms with Crippen molar-refractivity contribution >= 4 is 0 Å². The van der Waals surface area contributed by atoms with E-state index >= 15 is 0 Å². The standard InChI is InChI=1S/C13H14FNO/c1-8-6-9(2)12(16-3)10(11(8)14)13(7-15)4-5-13/h6H,4-5H2,1-3H3. The van der Waals surface area contributed by atoms with Crippen molar-refractivity contribution in [2.24, 2.45) is 0 Å². The smallest absolute Gasteiger partial charge is 0.134 e. The van der Waals surface area contributed by atoms with E-state index in [4.69, 9.17) is 10.00 Å². The summed E-state index contributed by atoms with van der Waals surface area (Å²) >= 11 is 0. The van der Waals surface area contributed by atoms with Crippen LogP contribution in [0, 0.1) is 31.0 Å². The maximum Gasteiger partial charge on any atom is 0.134 e. The normalized spacial score (nSPS) is 16.7. The van der Waals surface area contributed by atoms with Crippen LogP contribution in [0.3, 0.4) is 0 Å². The lowest BCUT2D eigenvalue weighted by Gasteiger charge is -2.17. The summed E-state index contributed by atoms with van der Waals surface area (Å²) in [7, 11) is 1.52. The molecule has 16 heavy (non-hydrogen) atoms. The molecular formula is C13H14FNO. The van der Waals surface area contributed by atoms with E-state index < -0.39 is 5.41 Å². The lowest BCUT2D eigenvalue weighted by Crippen LogP contribution is -2.11. The van der Waals surface area contributed by atoms with E-state index in [1.54, 1.807) is 13.0 Å². The SMILES string of the molecule is COc1c(C)cc(C)c(F)c1C1(C#N)CC1. The molecule has 1 aliphatic rings. The van der Waals surface area contributed by atoms with Gasteiger partial charge in [-0.15, -0.1) is 0 Å². The van der Waals surface area contributed by atoms with E-state index in [-0.39, 0.29) is 5.82 Å². The molecular weight excluding hydrogens is 205 g/mol. The minimum absolute atomic E-state index is 0.290. The fourth-order valence-electron chi connectivity index (χ4n) is 2.18. The van der Waals surface area contributed by atoms with Crippen LogP contribution in [0.1, 0.15) is 29.5 Å².